The zero-order chi connectivity index (χ0) is 17.4. The minimum Gasteiger partial charge on any atom is -0.364 e. The van der Waals surface area contributed by atoms with Gasteiger partial charge in [0.05, 0.1) is 5.60 Å². The summed E-state index contributed by atoms with van der Waals surface area (Å²) in [5, 5.41) is 12.2. The van der Waals surface area contributed by atoms with Crippen LogP contribution in [0.2, 0.25) is 0 Å². The summed E-state index contributed by atoms with van der Waals surface area (Å²) in [6.45, 7) is 3.83. The molecule has 1 atom stereocenters. The molecule has 3 rings (SSSR count). The van der Waals surface area contributed by atoms with E-state index in [4.69, 9.17) is 4.74 Å². The van der Waals surface area contributed by atoms with Crippen LogP contribution in [-0.4, -0.2) is 21.9 Å². The fraction of sp³-hybridized carbons (Fsp3) is 0.895. The molecule has 2 radical (unpaired) electrons. The van der Waals surface area contributed by atoms with Crippen molar-refractivity contribution < 1.29 is 9.66 Å². The molecule has 2 bridgehead atoms. The van der Waals surface area contributed by atoms with Gasteiger partial charge in [-0.2, -0.15) is 0 Å². The smallest absolute Gasteiger partial charge is 0.213 e. The first kappa shape index (κ1) is 20.2. The zero-order valence-electron chi connectivity index (χ0n) is 14.8. The summed E-state index contributed by atoms with van der Waals surface area (Å²) < 4.78 is 6.28. The van der Waals surface area contributed by atoms with Gasteiger partial charge in [-0.1, -0.05) is 48.5 Å². The highest BCUT2D eigenvalue weighted by Crippen LogP contribution is 2.50. The van der Waals surface area contributed by atoms with Crippen LogP contribution in [0.25, 0.3) is 0 Å². The summed E-state index contributed by atoms with van der Waals surface area (Å²) in [6.07, 6.45) is 14.5. The minimum atomic E-state index is -0.378. The lowest BCUT2D eigenvalue weighted by Crippen LogP contribution is -2.47. The first-order valence-corrected chi connectivity index (χ1v) is 10.8. The molecule has 1 aliphatic carbocycles. The molecule has 2 aliphatic heterocycles. The van der Waals surface area contributed by atoms with Crippen LogP contribution in [0.5, 0.6) is 0 Å². The van der Waals surface area contributed by atoms with Crippen molar-refractivity contribution in [2.24, 2.45) is 5.92 Å². The van der Waals surface area contributed by atoms with Crippen molar-refractivity contribution in [3.63, 3.8) is 0 Å². The van der Waals surface area contributed by atoms with E-state index in [-0.39, 0.29) is 16.6 Å². The van der Waals surface area contributed by atoms with E-state index in [0.717, 1.165) is 69.5 Å². The van der Waals surface area contributed by atoms with Gasteiger partial charge in [0, 0.05) is 23.1 Å². The Morgan fingerprint density at radius 1 is 1.21 bits per heavy atom. The molecule has 24 heavy (non-hydrogen) atoms. The predicted octanol–water partition coefficient (Wildman–Crippen LogP) is 5.86. The molecule has 0 aromatic carbocycles. The highest BCUT2D eigenvalue weighted by Gasteiger charge is 2.46. The van der Waals surface area contributed by atoms with Crippen molar-refractivity contribution in [3.05, 3.63) is 23.1 Å². The highest BCUT2D eigenvalue weighted by molar-refractivity contribution is 9.09. The first-order chi connectivity index (χ1) is 11.6. The Morgan fingerprint density at radius 2 is 1.88 bits per heavy atom. The van der Waals surface area contributed by atoms with Gasteiger partial charge in [0.25, 0.3) is 0 Å². The Kier molecular flexibility index (Phi) is 8.48. The number of hydrogen-bond donors (Lipinski definition) is 0. The number of alkyl halides is 1. The topological polar surface area (TPSA) is 52.4 Å². The number of ether oxygens (including phenoxy) is 1. The van der Waals surface area contributed by atoms with Crippen molar-refractivity contribution in [1.29, 1.82) is 0 Å². The summed E-state index contributed by atoms with van der Waals surface area (Å²) >= 11 is 3.61. The molecular weight excluding hydrogens is 370 g/mol. The third-order valence-corrected chi connectivity index (χ3v) is 6.76. The van der Waals surface area contributed by atoms with Crippen LogP contribution in [0.1, 0.15) is 83.5 Å². The first-order valence-electron chi connectivity index (χ1n) is 9.63. The Hall–Kier alpha value is -0.160. The molecule has 4 nitrogen and oxygen atoms in total. The van der Waals surface area contributed by atoms with E-state index in [9.17, 15) is 10.1 Å². The number of unbranched alkanes of at least 4 members (excludes halogenated alkanes) is 4. The summed E-state index contributed by atoms with van der Waals surface area (Å²) in [5.74, 6) is 0.600. The molecule has 0 aromatic heterocycles. The van der Waals surface area contributed by atoms with E-state index in [2.05, 4.69) is 22.9 Å². The average Bonchev–Trinajstić information content (AvgIpc) is 2.61. The standard InChI is InChI=1S/C19H32BrNO3/c1-2-3-4-5-6-8-17(21(22)23)9-7-10-18-16-11-13-19(15-20,24-18)14-12-16/h16-17H,1-15H2. The maximum atomic E-state index is 11.3. The average molecular weight is 402 g/mol. The molecule has 0 amide bonds. The lowest BCUT2D eigenvalue weighted by Gasteiger charge is -2.49. The van der Waals surface area contributed by atoms with Crippen LogP contribution in [0, 0.1) is 29.1 Å². The molecule has 2 saturated heterocycles. The van der Waals surface area contributed by atoms with E-state index >= 15 is 0 Å². The second-order valence-electron chi connectivity index (χ2n) is 7.55. The number of halogens is 1. The van der Waals surface area contributed by atoms with E-state index in [1.807, 2.05) is 0 Å². The summed E-state index contributed by atoms with van der Waals surface area (Å²) in [5.41, 5.74) is 0.0146. The Labute approximate surface area is 155 Å². The van der Waals surface area contributed by atoms with E-state index in [0.29, 0.717) is 12.3 Å². The fourth-order valence-electron chi connectivity index (χ4n) is 4.12. The number of hydrogen-bond acceptors (Lipinski definition) is 3. The van der Waals surface area contributed by atoms with E-state index in [1.165, 1.54) is 18.9 Å². The van der Waals surface area contributed by atoms with Crippen LogP contribution in [0.3, 0.4) is 0 Å². The lowest BCUT2D eigenvalue weighted by molar-refractivity contribution is -0.524. The monoisotopic (exact) mass is 401 g/mol. The van der Waals surface area contributed by atoms with Crippen LogP contribution in [0.15, 0.2) is 0 Å². The molecule has 1 saturated carbocycles. The third kappa shape index (κ3) is 5.69. The minimum absolute atomic E-state index is 0.0146. The van der Waals surface area contributed by atoms with Crippen LogP contribution >= 0.6 is 15.9 Å². The Morgan fingerprint density at radius 3 is 2.50 bits per heavy atom. The van der Waals surface area contributed by atoms with Gasteiger partial charge in [-0.25, -0.2) is 0 Å². The maximum Gasteiger partial charge on any atom is 0.213 e. The number of fused-ring (bicyclic) bond motifs is 3. The Bertz CT molecular complexity index is 383. The van der Waals surface area contributed by atoms with E-state index in [1.54, 1.807) is 0 Å². The zero-order valence-corrected chi connectivity index (χ0v) is 16.4. The van der Waals surface area contributed by atoms with Crippen molar-refractivity contribution in [2.75, 3.05) is 5.33 Å². The van der Waals surface area contributed by atoms with Gasteiger partial charge in [0.1, 0.15) is 6.10 Å². The quantitative estimate of drug-likeness (QED) is 0.178. The van der Waals surface area contributed by atoms with Gasteiger partial charge >= 0.3 is 0 Å². The highest BCUT2D eigenvalue weighted by atomic mass is 79.9. The number of rotatable bonds is 12. The molecule has 3 aliphatic rings. The normalized spacial score (nSPS) is 28.2. The van der Waals surface area contributed by atoms with Gasteiger partial charge in [-0.15, -0.1) is 0 Å². The SMILES string of the molecule is [CH2]CCCCCCC(CCC[C]1OC2(CBr)CCC1CC2)[N+](=O)[O-]. The van der Waals surface area contributed by atoms with E-state index < -0.39 is 0 Å². The summed E-state index contributed by atoms with van der Waals surface area (Å²) in [6, 6.07) is -0.378. The van der Waals surface area contributed by atoms with Gasteiger partial charge in [-0.05, 0) is 50.9 Å². The van der Waals surface area contributed by atoms with Gasteiger partial charge in [0.2, 0.25) is 6.04 Å². The number of nitro groups is 1. The molecule has 138 valence electrons. The summed E-state index contributed by atoms with van der Waals surface area (Å²) in [4.78, 5) is 11.2. The van der Waals surface area contributed by atoms with Gasteiger partial charge < -0.3 is 4.74 Å². The maximum absolute atomic E-state index is 11.3. The third-order valence-electron chi connectivity index (χ3n) is 5.74. The van der Waals surface area contributed by atoms with Gasteiger partial charge in [-0.3, -0.25) is 10.1 Å². The largest absolute Gasteiger partial charge is 0.364 e. The molecule has 5 heteroatoms. The van der Waals surface area contributed by atoms with Crippen LogP contribution in [0.4, 0.5) is 0 Å². The molecular formula is C19H32BrNO3. The predicted molar refractivity (Wildman–Crippen MR) is 101 cm³/mol. The second kappa shape index (κ2) is 10.1. The van der Waals surface area contributed by atoms with Gasteiger partial charge in [0.15, 0.2) is 0 Å². The van der Waals surface area contributed by atoms with Crippen molar-refractivity contribution >= 4 is 15.9 Å². The van der Waals surface area contributed by atoms with Crippen LogP contribution in [-0.2, 0) is 4.74 Å². The molecule has 0 N–H and O–H groups in total. The van der Waals surface area contributed by atoms with Crippen molar-refractivity contribution in [3.8, 4) is 0 Å². The molecule has 2 heterocycles. The lowest BCUT2D eigenvalue weighted by atomic mass is 9.72. The fourth-order valence-corrected chi connectivity index (χ4v) is 4.80. The van der Waals surface area contributed by atoms with Crippen molar-refractivity contribution in [1.82, 2.24) is 0 Å². The Balaban J connectivity index is 1.68. The molecule has 1 unspecified atom stereocenters. The summed E-state index contributed by atoms with van der Waals surface area (Å²) in [7, 11) is 0. The van der Waals surface area contributed by atoms with Crippen molar-refractivity contribution in [2.45, 2.75) is 95.1 Å². The molecule has 0 aromatic rings. The second-order valence-corrected chi connectivity index (χ2v) is 8.11. The van der Waals surface area contributed by atoms with Crippen LogP contribution < -0.4 is 0 Å². The molecule has 0 spiro atoms. The number of nitrogens with zero attached hydrogens (tertiary/aromatic N) is 1. The molecule has 3 fully saturated rings.